The first-order valence-electron chi connectivity index (χ1n) is 10.8. The summed E-state index contributed by atoms with van der Waals surface area (Å²) in [6, 6.07) is 22.4. The second-order valence-electron chi connectivity index (χ2n) is 7.84. The van der Waals surface area contributed by atoms with E-state index < -0.39 is 0 Å². The largest absolute Gasteiger partial charge is 0.348 e. The van der Waals surface area contributed by atoms with Gasteiger partial charge in [0.05, 0.1) is 12.7 Å². The van der Waals surface area contributed by atoms with E-state index in [1.54, 1.807) is 17.1 Å². The number of hydrogen-bond donors (Lipinski definition) is 1. The smallest absolute Gasteiger partial charge is 0.256 e. The fraction of sp³-hybridized carbons (Fsp3) is 0.115. The van der Waals surface area contributed by atoms with Crippen molar-refractivity contribution in [3.05, 3.63) is 114 Å². The number of aromatic nitrogens is 5. The fourth-order valence-corrected chi connectivity index (χ4v) is 3.97. The van der Waals surface area contributed by atoms with Gasteiger partial charge < -0.3 is 9.88 Å². The van der Waals surface area contributed by atoms with E-state index in [0.717, 1.165) is 29.1 Å². The lowest BCUT2D eigenvalue weighted by Crippen LogP contribution is -2.24. The third-order valence-corrected chi connectivity index (χ3v) is 5.63. The minimum atomic E-state index is -0.156. The van der Waals surface area contributed by atoms with Crippen LogP contribution in [0.3, 0.4) is 0 Å². The number of rotatable bonds is 7. The lowest BCUT2D eigenvalue weighted by atomic mass is 9.98. The van der Waals surface area contributed by atoms with E-state index in [9.17, 15) is 4.79 Å². The molecule has 0 spiro atoms. The van der Waals surface area contributed by atoms with Crippen LogP contribution in [-0.2, 0) is 20.1 Å². The molecule has 1 amide bonds. The standard InChI is InChI=1S/C26H24N6O/c1-30-26(31-14-4-5-15-31)24(18-29-30)25(33)27-17-22-7-2-3-8-23(22)21-11-9-20(10-12-21)19-32-16-6-13-28-32/h2-16,18H,17,19H2,1H3,(H,27,33). The van der Waals surface area contributed by atoms with Gasteiger partial charge in [-0.2, -0.15) is 10.2 Å². The molecule has 5 aromatic rings. The maximum Gasteiger partial charge on any atom is 0.256 e. The molecule has 0 aliphatic carbocycles. The lowest BCUT2D eigenvalue weighted by molar-refractivity contribution is 0.0951. The van der Waals surface area contributed by atoms with E-state index in [1.165, 1.54) is 5.56 Å². The molecule has 0 fully saturated rings. The van der Waals surface area contributed by atoms with E-state index in [4.69, 9.17) is 0 Å². The van der Waals surface area contributed by atoms with E-state index in [0.29, 0.717) is 12.1 Å². The predicted octanol–water partition coefficient (Wildman–Crippen LogP) is 4.05. The molecule has 0 saturated heterocycles. The van der Waals surface area contributed by atoms with Crippen molar-refractivity contribution in [2.75, 3.05) is 0 Å². The maximum atomic E-state index is 13.0. The quantitative estimate of drug-likeness (QED) is 0.418. The van der Waals surface area contributed by atoms with Crippen LogP contribution < -0.4 is 5.32 Å². The molecular weight excluding hydrogens is 412 g/mol. The van der Waals surface area contributed by atoms with Crippen molar-refractivity contribution >= 4 is 5.91 Å². The first-order chi connectivity index (χ1) is 16.2. The van der Waals surface area contributed by atoms with Crippen LogP contribution in [0.5, 0.6) is 0 Å². The SMILES string of the molecule is Cn1ncc(C(=O)NCc2ccccc2-c2ccc(Cn3cccn3)cc2)c1-n1cccc1. The van der Waals surface area contributed by atoms with Gasteiger partial charge >= 0.3 is 0 Å². The molecule has 2 aromatic carbocycles. The van der Waals surface area contributed by atoms with Crippen LogP contribution in [0.25, 0.3) is 16.9 Å². The molecule has 33 heavy (non-hydrogen) atoms. The van der Waals surface area contributed by atoms with Gasteiger partial charge in [-0.05, 0) is 40.5 Å². The zero-order valence-corrected chi connectivity index (χ0v) is 18.3. The lowest BCUT2D eigenvalue weighted by Gasteiger charge is -2.12. The number of carbonyl (C=O) groups excluding carboxylic acids is 1. The number of nitrogens with one attached hydrogen (secondary N) is 1. The summed E-state index contributed by atoms with van der Waals surface area (Å²) in [5.74, 6) is 0.578. The molecule has 0 aliphatic heterocycles. The van der Waals surface area contributed by atoms with Gasteiger partial charge in [0.25, 0.3) is 5.91 Å². The summed E-state index contributed by atoms with van der Waals surface area (Å²) in [6.45, 7) is 1.16. The molecule has 7 heteroatoms. The number of hydrogen-bond acceptors (Lipinski definition) is 3. The number of carbonyl (C=O) groups is 1. The number of benzene rings is 2. The molecule has 7 nitrogen and oxygen atoms in total. The Morgan fingerprint density at radius 3 is 2.45 bits per heavy atom. The molecule has 0 bridgehead atoms. The van der Waals surface area contributed by atoms with Gasteiger partial charge in [-0.25, -0.2) is 0 Å². The Balaban J connectivity index is 1.33. The van der Waals surface area contributed by atoms with E-state index in [-0.39, 0.29) is 5.91 Å². The predicted molar refractivity (Wildman–Crippen MR) is 127 cm³/mol. The van der Waals surface area contributed by atoms with Crippen LogP contribution in [0.4, 0.5) is 0 Å². The van der Waals surface area contributed by atoms with Crippen LogP contribution in [0.15, 0.2) is 97.7 Å². The molecule has 0 aliphatic rings. The summed E-state index contributed by atoms with van der Waals surface area (Å²) in [4.78, 5) is 13.0. The molecule has 1 N–H and O–H groups in total. The zero-order valence-electron chi connectivity index (χ0n) is 18.3. The Hall–Kier alpha value is -4.39. The van der Waals surface area contributed by atoms with Gasteiger partial charge in [0.2, 0.25) is 0 Å². The van der Waals surface area contributed by atoms with Gasteiger partial charge in [0.15, 0.2) is 0 Å². The molecule has 0 atom stereocenters. The Morgan fingerprint density at radius 1 is 0.909 bits per heavy atom. The van der Waals surface area contributed by atoms with Gasteiger partial charge in [-0.3, -0.25) is 14.2 Å². The highest BCUT2D eigenvalue weighted by Crippen LogP contribution is 2.24. The Morgan fingerprint density at radius 2 is 1.70 bits per heavy atom. The van der Waals surface area contributed by atoms with Crippen molar-refractivity contribution in [1.29, 1.82) is 0 Å². The fourth-order valence-electron chi connectivity index (χ4n) is 3.97. The van der Waals surface area contributed by atoms with Gasteiger partial charge in [0, 0.05) is 38.4 Å². The van der Waals surface area contributed by atoms with Gasteiger partial charge in [-0.1, -0.05) is 48.5 Å². The van der Waals surface area contributed by atoms with Crippen LogP contribution in [0.1, 0.15) is 21.5 Å². The van der Waals surface area contributed by atoms with Crippen LogP contribution in [-0.4, -0.2) is 30.0 Å². The summed E-state index contributed by atoms with van der Waals surface area (Å²) in [6.07, 6.45) is 9.15. The third-order valence-electron chi connectivity index (χ3n) is 5.63. The van der Waals surface area contributed by atoms with E-state index in [2.05, 4.69) is 45.8 Å². The third kappa shape index (κ3) is 4.34. The van der Waals surface area contributed by atoms with E-state index >= 15 is 0 Å². The Bertz CT molecular complexity index is 1350. The molecule has 3 heterocycles. The highest BCUT2D eigenvalue weighted by atomic mass is 16.1. The monoisotopic (exact) mass is 436 g/mol. The summed E-state index contributed by atoms with van der Waals surface area (Å²) < 4.78 is 5.49. The van der Waals surface area contributed by atoms with Gasteiger partial charge in [-0.15, -0.1) is 0 Å². The molecule has 0 saturated carbocycles. The van der Waals surface area contributed by atoms with Crippen molar-refractivity contribution in [2.24, 2.45) is 7.05 Å². The summed E-state index contributed by atoms with van der Waals surface area (Å²) in [5.41, 5.74) is 4.98. The average molecular weight is 437 g/mol. The van der Waals surface area contributed by atoms with Crippen LogP contribution >= 0.6 is 0 Å². The number of nitrogens with zero attached hydrogens (tertiary/aromatic N) is 5. The van der Waals surface area contributed by atoms with Crippen LogP contribution in [0.2, 0.25) is 0 Å². The van der Waals surface area contributed by atoms with Crippen molar-refractivity contribution in [1.82, 2.24) is 29.4 Å². The van der Waals surface area contributed by atoms with Crippen molar-refractivity contribution in [3.8, 4) is 16.9 Å². The zero-order chi connectivity index (χ0) is 22.6. The summed E-state index contributed by atoms with van der Waals surface area (Å²) >= 11 is 0. The Kier molecular flexibility index (Phi) is 5.59. The minimum absolute atomic E-state index is 0.156. The highest BCUT2D eigenvalue weighted by molar-refractivity contribution is 5.97. The average Bonchev–Trinajstić information content (AvgIpc) is 3.61. The first kappa shape index (κ1) is 20.5. The van der Waals surface area contributed by atoms with Crippen molar-refractivity contribution < 1.29 is 4.79 Å². The highest BCUT2D eigenvalue weighted by Gasteiger charge is 2.17. The second-order valence-corrected chi connectivity index (χ2v) is 7.84. The first-order valence-corrected chi connectivity index (χ1v) is 10.8. The molecule has 164 valence electrons. The number of aryl methyl sites for hydroxylation is 1. The van der Waals surface area contributed by atoms with E-state index in [1.807, 2.05) is 71.3 Å². The molecule has 0 unspecified atom stereocenters. The minimum Gasteiger partial charge on any atom is -0.348 e. The molecule has 0 radical (unpaired) electrons. The van der Waals surface area contributed by atoms with Crippen LogP contribution in [0, 0.1) is 0 Å². The Labute approximate surface area is 191 Å². The van der Waals surface area contributed by atoms with Gasteiger partial charge in [0.1, 0.15) is 11.4 Å². The molecular formula is C26H24N6O. The molecule has 3 aromatic heterocycles. The topological polar surface area (TPSA) is 69.7 Å². The van der Waals surface area contributed by atoms with Crippen molar-refractivity contribution in [3.63, 3.8) is 0 Å². The normalized spacial score (nSPS) is 10.9. The maximum absolute atomic E-state index is 13.0. The van der Waals surface area contributed by atoms with Crippen molar-refractivity contribution in [2.45, 2.75) is 13.1 Å². The molecule has 5 rings (SSSR count). The second kappa shape index (κ2) is 9.00. The summed E-state index contributed by atoms with van der Waals surface area (Å²) in [5, 5.41) is 11.6. The number of amides is 1. The summed E-state index contributed by atoms with van der Waals surface area (Å²) in [7, 11) is 1.83.